The zero-order valence-corrected chi connectivity index (χ0v) is 10.2. The highest BCUT2D eigenvalue weighted by atomic mass is 16.5. The number of nitrogens with one attached hydrogen (secondary N) is 1. The fourth-order valence-corrected chi connectivity index (χ4v) is 1.98. The molecule has 0 aliphatic carbocycles. The minimum Gasteiger partial charge on any atom is -0.368 e. The molecule has 0 saturated carbocycles. The summed E-state index contributed by atoms with van der Waals surface area (Å²) >= 11 is 0. The summed E-state index contributed by atoms with van der Waals surface area (Å²) < 4.78 is 6.87. The third kappa shape index (κ3) is 2.60. The quantitative estimate of drug-likeness (QED) is 0.880. The zero-order chi connectivity index (χ0) is 13.1. The second kappa shape index (κ2) is 5.15. The third-order valence-electron chi connectivity index (χ3n) is 2.97. The standard InChI is InChI=1S/C12H13N5O2/c18-12(11-2-1-7-19-11)14-9-3-5-10(6-4-9)17-8-13-15-16-17/h3-6,8,11H,1-2,7H2,(H,14,18). The van der Waals surface area contributed by atoms with Gasteiger partial charge in [-0.2, -0.15) is 0 Å². The number of rotatable bonds is 3. The highest BCUT2D eigenvalue weighted by Gasteiger charge is 2.23. The van der Waals surface area contributed by atoms with E-state index < -0.39 is 0 Å². The number of amides is 1. The van der Waals surface area contributed by atoms with E-state index in [4.69, 9.17) is 4.74 Å². The van der Waals surface area contributed by atoms with Crippen LogP contribution in [0.2, 0.25) is 0 Å². The van der Waals surface area contributed by atoms with Crippen molar-refractivity contribution in [3.8, 4) is 5.69 Å². The van der Waals surface area contributed by atoms with Gasteiger partial charge in [-0.05, 0) is 47.5 Å². The van der Waals surface area contributed by atoms with Crippen LogP contribution < -0.4 is 5.32 Å². The van der Waals surface area contributed by atoms with Crippen molar-refractivity contribution < 1.29 is 9.53 Å². The van der Waals surface area contributed by atoms with Crippen LogP contribution in [-0.2, 0) is 9.53 Å². The summed E-state index contributed by atoms with van der Waals surface area (Å²) in [6.45, 7) is 0.663. The van der Waals surface area contributed by atoms with Crippen molar-refractivity contribution >= 4 is 11.6 Å². The first kappa shape index (κ1) is 11.8. The van der Waals surface area contributed by atoms with Gasteiger partial charge in [0.25, 0.3) is 5.91 Å². The van der Waals surface area contributed by atoms with Gasteiger partial charge in [0, 0.05) is 12.3 Å². The van der Waals surface area contributed by atoms with E-state index in [1.807, 2.05) is 24.3 Å². The summed E-state index contributed by atoms with van der Waals surface area (Å²) in [5.41, 5.74) is 1.57. The average Bonchev–Trinajstić information content (AvgIpc) is 3.13. The first-order chi connectivity index (χ1) is 9.33. The molecule has 1 fully saturated rings. The molecule has 19 heavy (non-hydrogen) atoms. The lowest BCUT2D eigenvalue weighted by molar-refractivity contribution is -0.124. The van der Waals surface area contributed by atoms with Crippen LogP contribution in [0.4, 0.5) is 5.69 Å². The molecule has 7 nitrogen and oxygen atoms in total. The Morgan fingerprint density at radius 2 is 2.21 bits per heavy atom. The molecule has 0 bridgehead atoms. The van der Waals surface area contributed by atoms with Crippen LogP contribution in [0, 0.1) is 0 Å². The van der Waals surface area contributed by atoms with Gasteiger partial charge in [-0.3, -0.25) is 4.79 Å². The van der Waals surface area contributed by atoms with E-state index in [0.717, 1.165) is 24.2 Å². The van der Waals surface area contributed by atoms with Gasteiger partial charge in [-0.25, -0.2) is 4.68 Å². The van der Waals surface area contributed by atoms with Gasteiger partial charge in [-0.1, -0.05) is 0 Å². The number of benzene rings is 1. The SMILES string of the molecule is O=C(Nc1ccc(-n2cnnn2)cc1)C1CCCO1. The molecule has 1 saturated heterocycles. The van der Waals surface area contributed by atoms with Gasteiger partial charge in [0.2, 0.25) is 0 Å². The average molecular weight is 259 g/mol. The number of aromatic nitrogens is 4. The van der Waals surface area contributed by atoms with Crippen LogP contribution >= 0.6 is 0 Å². The number of carbonyl (C=O) groups is 1. The minimum atomic E-state index is -0.320. The Morgan fingerprint density at radius 3 is 2.84 bits per heavy atom. The Kier molecular flexibility index (Phi) is 3.20. The monoisotopic (exact) mass is 259 g/mol. The lowest BCUT2D eigenvalue weighted by atomic mass is 10.2. The van der Waals surface area contributed by atoms with Gasteiger partial charge in [0.15, 0.2) is 0 Å². The summed E-state index contributed by atoms with van der Waals surface area (Å²) in [5.74, 6) is -0.0901. The third-order valence-corrected chi connectivity index (χ3v) is 2.97. The van der Waals surface area contributed by atoms with E-state index in [1.54, 1.807) is 4.68 Å². The normalized spacial score (nSPS) is 18.4. The van der Waals surface area contributed by atoms with Crippen LogP contribution in [-0.4, -0.2) is 38.8 Å². The van der Waals surface area contributed by atoms with Crippen LogP contribution in [0.5, 0.6) is 0 Å². The Labute approximate surface area is 109 Å². The van der Waals surface area contributed by atoms with Gasteiger partial charge in [0.1, 0.15) is 12.4 Å². The number of tetrazole rings is 1. The molecule has 1 aliphatic heterocycles. The molecule has 1 aromatic heterocycles. The summed E-state index contributed by atoms with van der Waals surface area (Å²) in [6.07, 6.45) is 2.92. The maximum Gasteiger partial charge on any atom is 0.253 e. The number of hydrogen-bond donors (Lipinski definition) is 1. The van der Waals surface area contributed by atoms with Crippen LogP contribution in [0.1, 0.15) is 12.8 Å². The number of anilines is 1. The van der Waals surface area contributed by atoms with Crippen molar-refractivity contribution in [2.75, 3.05) is 11.9 Å². The molecular formula is C12H13N5O2. The second-order valence-electron chi connectivity index (χ2n) is 4.29. The number of carbonyl (C=O) groups excluding carboxylic acids is 1. The maximum absolute atomic E-state index is 11.9. The molecule has 0 spiro atoms. The zero-order valence-electron chi connectivity index (χ0n) is 10.2. The molecule has 98 valence electrons. The Morgan fingerprint density at radius 1 is 1.37 bits per heavy atom. The molecule has 1 aromatic carbocycles. The van der Waals surface area contributed by atoms with Gasteiger partial charge >= 0.3 is 0 Å². The predicted octanol–water partition coefficient (Wildman–Crippen LogP) is 0.780. The largest absolute Gasteiger partial charge is 0.368 e. The van der Waals surface area contributed by atoms with Gasteiger partial charge in [-0.15, -0.1) is 5.10 Å². The molecule has 0 radical (unpaired) electrons. The van der Waals surface area contributed by atoms with Gasteiger partial charge < -0.3 is 10.1 Å². The second-order valence-corrected chi connectivity index (χ2v) is 4.29. The van der Waals surface area contributed by atoms with Crippen molar-refractivity contribution in [2.24, 2.45) is 0 Å². The number of ether oxygens (including phenoxy) is 1. The molecule has 1 atom stereocenters. The van der Waals surface area contributed by atoms with E-state index in [1.165, 1.54) is 6.33 Å². The summed E-state index contributed by atoms with van der Waals surface area (Å²) in [6, 6.07) is 7.29. The van der Waals surface area contributed by atoms with Crippen molar-refractivity contribution in [3.63, 3.8) is 0 Å². The fraction of sp³-hybridized carbons (Fsp3) is 0.333. The minimum absolute atomic E-state index is 0.0901. The Bertz CT molecular complexity index is 546. The highest BCUT2D eigenvalue weighted by molar-refractivity contribution is 5.94. The maximum atomic E-state index is 11.9. The van der Waals surface area contributed by atoms with Crippen molar-refractivity contribution in [3.05, 3.63) is 30.6 Å². The lowest BCUT2D eigenvalue weighted by Gasteiger charge is -2.10. The van der Waals surface area contributed by atoms with E-state index in [9.17, 15) is 4.79 Å². The first-order valence-corrected chi connectivity index (χ1v) is 6.09. The number of nitrogens with zero attached hydrogens (tertiary/aromatic N) is 4. The molecular weight excluding hydrogens is 246 g/mol. The van der Waals surface area contributed by atoms with Crippen LogP contribution in [0.25, 0.3) is 5.69 Å². The van der Waals surface area contributed by atoms with Crippen LogP contribution in [0.3, 0.4) is 0 Å². The van der Waals surface area contributed by atoms with Crippen molar-refractivity contribution in [1.82, 2.24) is 20.2 Å². The molecule has 1 N–H and O–H groups in total. The molecule has 7 heteroatoms. The Balaban J connectivity index is 1.67. The van der Waals surface area contributed by atoms with Gasteiger partial charge in [0.05, 0.1) is 5.69 Å². The predicted molar refractivity (Wildman–Crippen MR) is 66.8 cm³/mol. The topological polar surface area (TPSA) is 81.9 Å². The van der Waals surface area contributed by atoms with E-state index in [0.29, 0.717) is 6.61 Å². The van der Waals surface area contributed by atoms with Crippen molar-refractivity contribution in [2.45, 2.75) is 18.9 Å². The lowest BCUT2D eigenvalue weighted by Crippen LogP contribution is -2.26. The summed E-state index contributed by atoms with van der Waals surface area (Å²) in [4.78, 5) is 11.9. The highest BCUT2D eigenvalue weighted by Crippen LogP contribution is 2.16. The molecule has 2 aromatic rings. The fourth-order valence-electron chi connectivity index (χ4n) is 1.98. The van der Waals surface area contributed by atoms with Crippen LogP contribution in [0.15, 0.2) is 30.6 Å². The molecule has 1 unspecified atom stereocenters. The van der Waals surface area contributed by atoms with E-state index in [2.05, 4.69) is 20.8 Å². The molecule has 3 rings (SSSR count). The first-order valence-electron chi connectivity index (χ1n) is 6.09. The molecule has 2 heterocycles. The smallest absolute Gasteiger partial charge is 0.253 e. The summed E-state index contributed by atoms with van der Waals surface area (Å²) in [5, 5.41) is 13.8. The summed E-state index contributed by atoms with van der Waals surface area (Å²) in [7, 11) is 0. The van der Waals surface area contributed by atoms with E-state index in [-0.39, 0.29) is 12.0 Å². The molecule has 1 aliphatic rings. The van der Waals surface area contributed by atoms with E-state index >= 15 is 0 Å². The molecule has 1 amide bonds. The number of hydrogen-bond acceptors (Lipinski definition) is 5. The Hall–Kier alpha value is -2.28. The van der Waals surface area contributed by atoms with Crippen molar-refractivity contribution in [1.29, 1.82) is 0 Å².